The highest BCUT2D eigenvalue weighted by atomic mass is 19.2. The minimum absolute atomic E-state index is 0.00416. The van der Waals surface area contributed by atoms with Gasteiger partial charge < -0.3 is 15.8 Å². The van der Waals surface area contributed by atoms with E-state index >= 15 is 0 Å². The lowest BCUT2D eigenvalue weighted by Gasteiger charge is -2.14. The number of ether oxygens (including phenoxy) is 1. The Labute approximate surface area is 132 Å². The molecule has 124 valence electrons. The van der Waals surface area contributed by atoms with Crippen LogP contribution in [0.3, 0.4) is 0 Å². The fraction of sp³-hybridized carbons (Fsp3) is 0.333. The van der Waals surface area contributed by atoms with Crippen molar-refractivity contribution in [1.29, 1.82) is 0 Å². The van der Waals surface area contributed by atoms with Gasteiger partial charge in [0.15, 0.2) is 11.6 Å². The Hall–Kier alpha value is -2.48. The summed E-state index contributed by atoms with van der Waals surface area (Å²) in [5, 5.41) is 9.21. The fourth-order valence-electron chi connectivity index (χ4n) is 2.31. The standard InChI is InChI=1S/C15H18F2N4O2/c1-7-11(8(2)21-20-7)14(18)15(22)19-6-9-4-5-10(23-3)13(17)12(9)16/h4-5,14H,6,18H2,1-3H3,(H,19,22)(H,20,21). The van der Waals surface area contributed by atoms with E-state index in [1.165, 1.54) is 19.2 Å². The van der Waals surface area contributed by atoms with E-state index in [1.54, 1.807) is 13.8 Å². The molecule has 23 heavy (non-hydrogen) atoms. The highest BCUT2D eigenvalue weighted by molar-refractivity contribution is 5.83. The van der Waals surface area contributed by atoms with Crippen LogP contribution in [0.15, 0.2) is 12.1 Å². The number of hydrogen-bond donors (Lipinski definition) is 3. The van der Waals surface area contributed by atoms with E-state index in [-0.39, 0.29) is 17.9 Å². The van der Waals surface area contributed by atoms with Crippen molar-refractivity contribution in [3.63, 3.8) is 0 Å². The van der Waals surface area contributed by atoms with Gasteiger partial charge in [0.1, 0.15) is 6.04 Å². The van der Waals surface area contributed by atoms with Gasteiger partial charge in [-0.1, -0.05) is 6.07 Å². The Balaban J connectivity index is 2.09. The number of aromatic nitrogens is 2. The van der Waals surface area contributed by atoms with Crippen molar-refractivity contribution in [2.24, 2.45) is 5.73 Å². The van der Waals surface area contributed by atoms with E-state index in [4.69, 9.17) is 5.73 Å². The van der Waals surface area contributed by atoms with E-state index in [2.05, 4.69) is 20.3 Å². The third-order valence-corrected chi connectivity index (χ3v) is 3.58. The molecule has 0 fully saturated rings. The lowest BCUT2D eigenvalue weighted by atomic mass is 10.0. The average Bonchev–Trinajstić information content (AvgIpc) is 2.86. The van der Waals surface area contributed by atoms with Gasteiger partial charge in [-0.3, -0.25) is 9.89 Å². The molecule has 8 heteroatoms. The molecule has 0 bridgehead atoms. The van der Waals surface area contributed by atoms with Gasteiger partial charge in [-0.2, -0.15) is 9.49 Å². The number of nitrogens with one attached hydrogen (secondary N) is 2. The highest BCUT2D eigenvalue weighted by Crippen LogP contribution is 2.22. The Morgan fingerprint density at radius 3 is 2.65 bits per heavy atom. The van der Waals surface area contributed by atoms with E-state index in [0.29, 0.717) is 17.0 Å². The molecular weight excluding hydrogens is 306 g/mol. The van der Waals surface area contributed by atoms with Gasteiger partial charge in [0.2, 0.25) is 11.7 Å². The van der Waals surface area contributed by atoms with Crippen molar-refractivity contribution in [2.45, 2.75) is 26.4 Å². The summed E-state index contributed by atoms with van der Waals surface area (Å²) in [5.41, 5.74) is 7.80. The van der Waals surface area contributed by atoms with Gasteiger partial charge in [-0.05, 0) is 19.9 Å². The van der Waals surface area contributed by atoms with Crippen molar-refractivity contribution in [3.05, 3.63) is 46.3 Å². The molecule has 0 saturated heterocycles. The second-order valence-electron chi connectivity index (χ2n) is 5.10. The molecule has 0 aliphatic carbocycles. The smallest absolute Gasteiger partial charge is 0.241 e. The largest absolute Gasteiger partial charge is 0.494 e. The SMILES string of the molecule is COc1ccc(CNC(=O)C(N)c2c(C)n[nH]c2C)c(F)c1F. The number of rotatable bonds is 5. The number of hydrogen-bond acceptors (Lipinski definition) is 4. The number of carbonyl (C=O) groups is 1. The quantitative estimate of drug-likeness (QED) is 0.779. The number of H-pyrrole nitrogens is 1. The first-order chi connectivity index (χ1) is 10.9. The summed E-state index contributed by atoms with van der Waals surface area (Å²) in [6.07, 6.45) is 0. The van der Waals surface area contributed by atoms with Crippen molar-refractivity contribution in [1.82, 2.24) is 15.5 Å². The predicted molar refractivity (Wildman–Crippen MR) is 79.7 cm³/mol. The summed E-state index contributed by atoms with van der Waals surface area (Å²) in [5.74, 6) is -2.86. The number of aromatic amines is 1. The van der Waals surface area contributed by atoms with E-state index < -0.39 is 23.6 Å². The van der Waals surface area contributed by atoms with Crippen LogP contribution in [0.1, 0.15) is 28.6 Å². The molecule has 1 aromatic carbocycles. The lowest BCUT2D eigenvalue weighted by Crippen LogP contribution is -2.34. The first-order valence-corrected chi connectivity index (χ1v) is 6.92. The van der Waals surface area contributed by atoms with Crippen LogP contribution in [-0.2, 0) is 11.3 Å². The van der Waals surface area contributed by atoms with Gasteiger partial charge in [0.05, 0.1) is 12.8 Å². The zero-order valence-electron chi connectivity index (χ0n) is 13.0. The Kier molecular flexibility index (Phi) is 4.95. The molecule has 1 aromatic heterocycles. The maximum absolute atomic E-state index is 13.8. The number of carbonyl (C=O) groups excluding carboxylic acids is 1. The van der Waals surface area contributed by atoms with Crippen molar-refractivity contribution < 1.29 is 18.3 Å². The Morgan fingerprint density at radius 2 is 2.09 bits per heavy atom. The third-order valence-electron chi connectivity index (χ3n) is 3.58. The van der Waals surface area contributed by atoms with E-state index in [9.17, 15) is 13.6 Å². The molecule has 0 aliphatic heterocycles. The fourth-order valence-corrected chi connectivity index (χ4v) is 2.31. The van der Waals surface area contributed by atoms with Crippen LogP contribution in [-0.4, -0.2) is 23.2 Å². The topological polar surface area (TPSA) is 93.0 Å². The Morgan fingerprint density at radius 1 is 1.39 bits per heavy atom. The molecule has 0 aliphatic rings. The first kappa shape index (κ1) is 16.9. The molecule has 6 nitrogen and oxygen atoms in total. The number of halogens is 2. The summed E-state index contributed by atoms with van der Waals surface area (Å²) in [6.45, 7) is 3.29. The molecular formula is C15H18F2N4O2. The average molecular weight is 324 g/mol. The summed E-state index contributed by atoms with van der Waals surface area (Å²) in [7, 11) is 1.24. The van der Waals surface area contributed by atoms with Crippen LogP contribution in [0.5, 0.6) is 5.75 Å². The normalized spacial score (nSPS) is 12.1. The number of methoxy groups -OCH3 is 1. The number of benzene rings is 1. The number of amides is 1. The molecule has 1 atom stereocenters. The first-order valence-electron chi connectivity index (χ1n) is 6.92. The van der Waals surface area contributed by atoms with Crippen LogP contribution >= 0.6 is 0 Å². The second-order valence-corrected chi connectivity index (χ2v) is 5.10. The monoisotopic (exact) mass is 324 g/mol. The molecule has 1 heterocycles. The van der Waals surface area contributed by atoms with Gasteiger partial charge in [0, 0.05) is 23.4 Å². The van der Waals surface area contributed by atoms with Crippen LogP contribution in [0, 0.1) is 25.5 Å². The molecule has 1 amide bonds. The van der Waals surface area contributed by atoms with Crippen molar-refractivity contribution >= 4 is 5.91 Å². The molecule has 0 spiro atoms. The molecule has 4 N–H and O–H groups in total. The van der Waals surface area contributed by atoms with Gasteiger partial charge in [0.25, 0.3) is 0 Å². The summed E-state index contributed by atoms with van der Waals surface area (Å²) < 4.78 is 32.2. The van der Waals surface area contributed by atoms with Gasteiger partial charge in [-0.25, -0.2) is 4.39 Å². The maximum Gasteiger partial charge on any atom is 0.241 e. The van der Waals surface area contributed by atoms with Gasteiger partial charge >= 0.3 is 0 Å². The Bertz CT molecular complexity index is 711. The van der Waals surface area contributed by atoms with Crippen LogP contribution in [0.25, 0.3) is 0 Å². The highest BCUT2D eigenvalue weighted by Gasteiger charge is 2.22. The summed E-state index contributed by atoms with van der Waals surface area (Å²) >= 11 is 0. The second kappa shape index (κ2) is 6.74. The van der Waals surface area contributed by atoms with Crippen LogP contribution < -0.4 is 15.8 Å². The number of aryl methyl sites for hydroxylation is 2. The predicted octanol–water partition coefficient (Wildman–Crippen LogP) is 1.63. The zero-order chi connectivity index (χ0) is 17.1. The van der Waals surface area contributed by atoms with Crippen molar-refractivity contribution in [2.75, 3.05) is 7.11 Å². The zero-order valence-corrected chi connectivity index (χ0v) is 13.0. The van der Waals surface area contributed by atoms with E-state index in [1.807, 2.05) is 0 Å². The molecule has 2 rings (SSSR count). The summed E-state index contributed by atoms with van der Waals surface area (Å²) in [6, 6.07) is 1.70. The maximum atomic E-state index is 13.8. The number of nitrogens with two attached hydrogens (primary N) is 1. The van der Waals surface area contributed by atoms with E-state index in [0.717, 1.165) is 0 Å². The van der Waals surface area contributed by atoms with Crippen LogP contribution in [0.4, 0.5) is 8.78 Å². The van der Waals surface area contributed by atoms with Gasteiger partial charge in [-0.15, -0.1) is 0 Å². The minimum atomic E-state index is -1.09. The van der Waals surface area contributed by atoms with Crippen molar-refractivity contribution in [3.8, 4) is 5.75 Å². The molecule has 0 saturated carbocycles. The molecule has 2 aromatic rings. The minimum Gasteiger partial charge on any atom is -0.494 e. The molecule has 0 radical (unpaired) electrons. The lowest BCUT2D eigenvalue weighted by molar-refractivity contribution is -0.122. The molecule has 1 unspecified atom stereocenters. The summed E-state index contributed by atoms with van der Waals surface area (Å²) in [4.78, 5) is 12.1. The van der Waals surface area contributed by atoms with Crippen LogP contribution in [0.2, 0.25) is 0 Å². The number of nitrogens with zero attached hydrogens (tertiary/aromatic N) is 1. The third kappa shape index (κ3) is 3.31.